The standard InChI is InChI=1S/C21H15F2N9O2/c22-12-5-13(23)7-14(6-12)32-20(30-31-3-1-11(8-24)17(31)21(32)34)16(2-4-33)29-19-15(9-25)18(26)27-10-28-19/h1,3,5-7,10,16,33H,2,4H2,(H3,26,27,28,29)/t16-/m0/s1. The van der Waals surface area contributed by atoms with Gasteiger partial charge in [0.1, 0.15) is 52.8 Å². The van der Waals surface area contributed by atoms with E-state index in [4.69, 9.17) is 5.73 Å². The van der Waals surface area contributed by atoms with E-state index in [0.717, 1.165) is 27.5 Å². The molecule has 170 valence electrons. The van der Waals surface area contributed by atoms with E-state index >= 15 is 0 Å². The summed E-state index contributed by atoms with van der Waals surface area (Å²) in [6, 6.07) is 6.65. The summed E-state index contributed by atoms with van der Waals surface area (Å²) in [6.45, 7) is -0.388. The molecular formula is C21H15F2N9O2. The maximum absolute atomic E-state index is 14.1. The summed E-state index contributed by atoms with van der Waals surface area (Å²) in [4.78, 5) is 21.2. The predicted octanol–water partition coefficient (Wildman–Crippen LogP) is 1.41. The number of nitrogens with zero attached hydrogens (tertiary/aromatic N) is 7. The predicted molar refractivity (Wildman–Crippen MR) is 115 cm³/mol. The lowest BCUT2D eigenvalue weighted by Crippen LogP contribution is -2.31. The van der Waals surface area contributed by atoms with Gasteiger partial charge in [-0.1, -0.05) is 0 Å². The maximum Gasteiger partial charge on any atom is 0.283 e. The van der Waals surface area contributed by atoms with E-state index in [-0.39, 0.29) is 52.8 Å². The second-order valence-electron chi connectivity index (χ2n) is 7.06. The molecule has 13 heteroatoms. The molecule has 0 saturated carbocycles. The highest BCUT2D eigenvalue weighted by atomic mass is 19.1. The summed E-state index contributed by atoms with van der Waals surface area (Å²) in [7, 11) is 0. The molecule has 4 rings (SSSR count). The van der Waals surface area contributed by atoms with E-state index in [2.05, 4.69) is 20.4 Å². The number of aliphatic hydroxyl groups excluding tert-OH is 1. The quantitative estimate of drug-likeness (QED) is 0.382. The molecule has 11 nitrogen and oxygen atoms in total. The minimum atomic E-state index is -0.984. The molecule has 0 fully saturated rings. The molecule has 3 aromatic heterocycles. The van der Waals surface area contributed by atoms with Crippen LogP contribution in [0.3, 0.4) is 0 Å². The highest BCUT2D eigenvalue weighted by Gasteiger charge is 2.25. The van der Waals surface area contributed by atoms with Crippen LogP contribution in [0.15, 0.2) is 41.6 Å². The van der Waals surface area contributed by atoms with Crippen molar-refractivity contribution in [3.05, 3.63) is 75.7 Å². The van der Waals surface area contributed by atoms with Crippen LogP contribution in [-0.4, -0.2) is 35.9 Å². The molecule has 4 aromatic rings. The topological polar surface area (TPSA) is 171 Å². The molecule has 0 spiro atoms. The smallest absolute Gasteiger partial charge is 0.283 e. The number of halogens is 2. The monoisotopic (exact) mass is 463 g/mol. The normalized spacial score (nSPS) is 11.7. The Morgan fingerprint density at radius 3 is 2.56 bits per heavy atom. The van der Waals surface area contributed by atoms with Crippen LogP contribution in [0.25, 0.3) is 11.2 Å². The van der Waals surface area contributed by atoms with Crippen molar-refractivity contribution in [1.82, 2.24) is 24.1 Å². The molecule has 4 N–H and O–H groups in total. The molecule has 0 radical (unpaired) electrons. The van der Waals surface area contributed by atoms with E-state index in [1.165, 1.54) is 12.3 Å². The van der Waals surface area contributed by atoms with Gasteiger partial charge in [-0.2, -0.15) is 15.6 Å². The van der Waals surface area contributed by atoms with Crippen LogP contribution in [-0.2, 0) is 0 Å². The fraction of sp³-hybridized carbons (Fsp3) is 0.143. The van der Waals surface area contributed by atoms with Crippen LogP contribution in [0.4, 0.5) is 20.4 Å². The van der Waals surface area contributed by atoms with Crippen molar-refractivity contribution in [3.63, 3.8) is 0 Å². The van der Waals surface area contributed by atoms with Gasteiger partial charge in [0.15, 0.2) is 5.82 Å². The maximum atomic E-state index is 14.1. The number of aliphatic hydroxyl groups is 1. The van der Waals surface area contributed by atoms with E-state index in [1.807, 2.05) is 12.1 Å². The lowest BCUT2D eigenvalue weighted by Gasteiger charge is -2.22. The van der Waals surface area contributed by atoms with Gasteiger partial charge in [-0.05, 0) is 24.6 Å². The minimum absolute atomic E-state index is 0.00462. The van der Waals surface area contributed by atoms with Crippen molar-refractivity contribution in [2.75, 3.05) is 17.7 Å². The van der Waals surface area contributed by atoms with Crippen molar-refractivity contribution in [1.29, 1.82) is 10.5 Å². The molecule has 3 heterocycles. The first-order chi connectivity index (χ1) is 16.4. The Kier molecular flexibility index (Phi) is 5.86. The van der Waals surface area contributed by atoms with Crippen LogP contribution in [0.5, 0.6) is 0 Å². The van der Waals surface area contributed by atoms with Gasteiger partial charge in [-0.3, -0.25) is 9.36 Å². The largest absolute Gasteiger partial charge is 0.396 e. The van der Waals surface area contributed by atoms with Gasteiger partial charge in [-0.15, -0.1) is 0 Å². The number of anilines is 2. The van der Waals surface area contributed by atoms with Gasteiger partial charge >= 0.3 is 0 Å². The van der Waals surface area contributed by atoms with Crippen LogP contribution >= 0.6 is 0 Å². The first-order valence-electron chi connectivity index (χ1n) is 9.76. The minimum Gasteiger partial charge on any atom is -0.396 e. The summed E-state index contributed by atoms with van der Waals surface area (Å²) >= 11 is 0. The van der Waals surface area contributed by atoms with E-state index < -0.39 is 23.2 Å². The average Bonchev–Trinajstić information content (AvgIpc) is 3.21. The van der Waals surface area contributed by atoms with E-state index in [0.29, 0.717) is 6.07 Å². The molecule has 1 atom stereocenters. The zero-order valence-corrected chi connectivity index (χ0v) is 17.3. The number of hydrogen-bond donors (Lipinski definition) is 3. The number of nitriles is 2. The lowest BCUT2D eigenvalue weighted by atomic mass is 10.1. The summed E-state index contributed by atoms with van der Waals surface area (Å²) in [6.07, 6.45) is 2.46. The van der Waals surface area contributed by atoms with Crippen LogP contribution in [0.1, 0.15) is 29.4 Å². The third-order valence-corrected chi connectivity index (χ3v) is 4.97. The van der Waals surface area contributed by atoms with Crippen molar-refractivity contribution < 1.29 is 13.9 Å². The molecule has 0 aliphatic carbocycles. The zero-order chi connectivity index (χ0) is 24.4. The zero-order valence-electron chi connectivity index (χ0n) is 17.3. The number of rotatable bonds is 6. The molecule has 0 saturated heterocycles. The Morgan fingerprint density at radius 1 is 1.18 bits per heavy atom. The second kappa shape index (κ2) is 8.93. The third-order valence-electron chi connectivity index (χ3n) is 4.97. The molecule has 0 aliphatic heterocycles. The van der Waals surface area contributed by atoms with Gasteiger partial charge in [0.25, 0.3) is 5.56 Å². The Hall–Kier alpha value is -4.88. The number of nitrogen functional groups attached to an aromatic ring is 1. The fourth-order valence-corrected chi connectivity index (χ4v) is 3.50. The molecule has 34 heavy (non-hydrogen) atoms. The fourth-order valence-electron chi connectivity index (χ4n) is 3.50. The first kappa shape index (κ1) is 22.3. The number of fused-ring (bicyclic) bond motifs is 1. The molecule has 0 amide bonds. The Labute approximate surface area is 190 Å². The van der Waals surface area contributed by atoms with Crippen molar-refractivity contribution in [2.45, 2.75) is 12.5 Å². The molecular weight excluding hydrogens is 448 g/mol. The Morgan fingerprint density at radius 2 is 1.91 bits per heavy atom. The molecule has 0 aliphatic rings. The lowest BCUT2D eigenvalue weighted by molar-refractivity contribution is 0.277. The number of aromatic nitrogens is 5. The van der Waals surface area contributed by atoms with Gasteiger partial charge in [-0.25, -0.2) is 23.3 Å². The number of nitrogens with one attached hydrogen (secondary N) is 1. The van der Waals surface area contributed by atoms with Gasteiger partial charge < -0.3 is 16.2 Å². The SMILES string of the molecule is N#Cc1c(N)ncnc1N[C@@H](CCO)c1nn2ccc(C#N)c2c(=O)n1-c1cc(F)cc(F)c1. The van der Waals surface area contributed by atoms with Crippen LogP contribution < -0.4 is 16.6 Å². The van der Waals surface area contributed by atoms with Crippen LogP contribution in [0, 0.1) is 34.3 Å². The van der Waals surface area contributed by atoms with Gasteiger partial charge in [0.05, 0.1) is 17.3 Å². The summed E-state index contributed by atoms with van der Waals surface area (Å²) < 4.78 is 30.2. The van der Waals surface area contributed by atoms with Crippen molar-refractivity contribution >= 4 is 17.2 Å². The Balaban J connectivity index is 2.01. The second-order valence-corrected chi connectivity index (χ2v) is 7.06. The first-order valence-corrected chi connectivity index (χ1v) is 9.76. The average molecular weight is 463 g/mol. The van der Waals surface area contributed by atoms with E-state index in [9.17, 15) is 29.2 Å². The van der Waals surface area contributed by atoms with E-state index in [1.54, 1.807) is 0 Å². The summed E-state index contributed by atoms with van der Waals surface area (Å²) in [5.41, 5.74) is 4.60. The molecule has 0 bridgehead atoms. The number of nitrogens with two attached hydrogens (primary N) is 1. The number of hydrogen-bond acceptors (Lipinski definition) is 9. The van der Waals surface area contributed by atoms with Crippen molar-refractivity contribution in [2.24, 2.45) is 0 Å². The molecule has 1 aromatic carbocycles. The summed E-state index contributed by atoms with van der Waals surface area (Å²) in [5.74, 6) is -2.04. The third kappa shape index (κ3) is 3.87. The van der Waals surface area contributed by atoms with Crippen LogP contribution in [0.2, 0.25) is 0 Å². The highest BCUT2D eigenvalue weighted by Crippen LogP contribution is 2.26. The Bertz CT molecular complexity index is 1530. The summed E-state index contributed by atoms with van der Waals surface area (Å²) in [5, 5.41) is 35.8. The van der Waals surface area contributed by atoms with Crippen molar-refractivity contribution in [3.8, 4) is 17.8 Å². The highest BCUT2D eigenvalue weighted by molar-refractivity contribution is 5.63. The number of benzene rings is 1. The molecule has 0 unspecified atom stereocenters. The van der Waals surface area contributed by atoms with Gasteiger partial charge in [0.2, 0.25) is 0 Å². The van der Waals surface area contributed by atoms with Gasteiger partial charge in [0, 0.05) is 18.9 Å².